The summed E-state index contributed by atoms with van der Waals surface area (Å²) in [7, 11) is 1.80. The quantitative estimate of drug-likeness (QED) is 0.606. The highest BCUT2D eigenvalue weighted by Gasteiger charge is 2.17. The van der Waals surface area contributed by atoms with E-state index in [0.717, 1.165) is 11.3 Å². The summed E-state index contributed by atoms with van der Waals surface area (Å²) in [6.45, 7) is 1.93. The van der Waals surface area contributed by atoms with Crippen molar-refractivity contribution >= 4 is 11.6 Å². The summed E-state index contributed by atoms with van der Waals surface area (Å²) < 4.78 is 5.10. The lowest BCUT2D eigenvalue weighted by Gasteiger charge is -2.10. The van der Waals surface area contributed by atoms with Crippen molar-refractivity contribution in [2.24, 2.45) is 7.05 Å². The molecule has 1 amide bonds. The van der Waals surface area contributed by atoms with Gasteiger partial charge < -0.3 is 9.88 Å². The molecular weight excluding hydrogens is 332 g/mol. The number of anilines is 1. The Morgan fingerprint density at radius 2 is 2.00 bits per heavy atom. The summed E-state index contributed by atoms with van der Waals surface area (Å²) in [5.74, 6) is 0.478. The monoisotopic (exact) mass is 348 g/mol. The third kappa shape index (κ3) is 2.75. The molecule has 4 rings (SSSR count). The molecule has 0 radical (unpaired) electrons. The molecular formula is C17H16N8O. The summed E-state index contributed by atoms with van der Waals surface area (Å²) in [5, 5.41) is 18.3. The number of aryl methyl sites for hydroxylation is 2. The maximum absolute atomic E-state index is 12.8. The number of hydrogen-bond acceptors (Lipinski definition) is 5. The van der Waals surface area contributed by atoms with Crippen LogP contribution < -0.4 is 5.32 Å². The van der Waals surface area contributed by atoms with E-state index in [2.05, 4.69) is 25.9 Å². The van der Waals surface area contributed by atoms with Gasteiger partial charge in [0.25, 0.3) is 5.91 Å². The predicted molar refractivity (Wildman–Crippen MR) is 94.4 cm³/mol. The summed E-state index contributed by atoms with van der Waals surface area (Å²) >= 11 is 0. The van der Waals surface area contributed by atoms with Gasteiger partial charge in [-0.3, -0.25) is 9.48 Å². The number of nitrogens with one attached hydrogen (secondary N) is 1. The SMILES string of the molecule is Cc1cc(NC(=O)c2cnn(C)c2-n2cccc2)ccc1-n1cnnn1. The summed E-state index contributed by atoms with van der Waals surface area (Å²) in [6.07, 6.45) is 6.84. The van der Waals surface area contributed by atoms with E-state index in [9.17, 15) is 4.79 Å². The second-order valence-electron chi connectivity index (χ2n) is 5.81. The van der Waals surface area contributed by atoms with E-state index < -0.39 is 0 Å². The Morgan fingerprint density at radius 3 is 2.69 bits per heavy atom. The van der Waals surface area contributed by atoms with Gasteiger partial charge in [0.15, 0.2) is 0 Å². The second kappa shape index (κ2) is 6.28. The van der Waals surface area contributed by atoms with Gasteiger partial charge in [0.05, 0.1) is 11.9 Å². The zero-order valence-electron chi connectivity index (χ0n) is 14.2. The lowest BCUT2D eigenvalue weighted by molar-refractivity contribution is 0.102. The van der Waals surface area contributed by atoms with E-state index in [1.54, 1.807) is 22.6 Å². The molecule has 0 spiro atoms. The lowest BCUT2D eigenvalue weighted by Crippen LogP contribution is -2.15. The number of amides is 1. The van der Waals surface area contributed by atoms with E-state index in [0.29, 0.717) is 17.1 Å². The van der Waals surface area contributed by atoms with Crippen molar-refractivity contribution < 1.29 is 4.79 Å². The van der Waals surface area contributed by atoms with Crippen LogP contribution in [0.5, 0.6) is 0 Å². The maximum Gasteiger partial charge on any atom is 0.261 e. The molecule has 0 fully saturated rings. The van der Waals surface area contributed by atoms with E-state index in [4.69, 9.17) is 0 Å². The van der Waals surface area contributed by atoms with Crippen molar-refractivity contribution in [3.8, 4) is 11.5 Å². The topological polar surface area (TPSA) is 95.5 Å². The molecule has 0 saturated heterocycles. The van der Waals surface area contributed by atoms with Gasteiger partial charge in [-0.2, -0.15) is 5.10 Å². The number of aromatic nitrogens is 7. The van der Waals surface area contributed by atoms with Gasteiger partial charge in [0.1, 0.15) is 17.7 Å². The first kappa shape index (κ1) is 15.8. The van der Waals surface area contributed by atoms with Crippen LogP contribution in [0.25, 0.3) is 11.5 Å². The maximum atomic E-state index is 12.8. The first-order valence-electron chi connectivity index (χ1n) is 7.94. The third-order valence-electron chi connectivity index (χ3n) is 4.05. The van der Waals surface area contributed by atoms with Crippen LogP contribution in [0, 0.1) is 6.92 Å². The number of hydrogen-bond donors (Lipinski definition) is 1. The molecule has 0 unspecified atom stereocenters. The molecule has 3 heterocycles. The standard InChI is InChI=1S/C17H16N8O/c1-12-9-13(5-6-15(12)25-11-18-21-22-25)20-16(26)14-10-19-23(2)17(14)24-7-3-4-8-24/h3-11H,1-2H3,(H,20,26). The normalized spacial score (nSPS) is 10.8. The minimum Gasteiger partial charge on any atom is -0.322 e. The van der Waals surface area contributed by atoms with Crippen LogP contribution in [0.1, 0.15) is 15.9 Å². The van der Waals surface area contributed by atoms with Crippen LogP contribution in [0.2, 0.25) is 0 Å². The number of nitrogens with zero attached hydrogens (tertiary/aromatic N) is 7. The number of carbonyl (C=O) groups excluding carboxylic acids is 1. The second-order valence-corrected chi connectivity index (χ2v) is 5.81. The van der Waals surface area contributed by atoms with Crippen LogP contribution in [0.3, 0.4) is 0 Å². The van der Waals surface area contributed by atoms with Gasteiger partial charge in [-0.15, -0.1) is 5.10 Å². The number of benzene rings is 1. The van der Waals surface area contributed by atoms with Crippen LogP contribution in [0.4, 0.5) is 5.69 Å². The molecule has 4 aromatic rings. The lowest BCUT2D eigenvalue weighted by atomic mass is 10.1. The molecule has 1 N–H and O–H groups in total. The van der Waals surface area contributed by atoms with Crippen LogP contribution in [-0.2, 0) is 7.05 Å². The largest absolute Gasteiger partial charge is 0.322 e. The van der Waals surface area contributed by atoms with Crippen LogP contribution >= 0.6 is 0 Å². The highest BCUT2D eigenvalue weighted by Crippen LogP contribution is 2.20. The molecule has 9 heteroatoms. The minimum absolute atomic E-state index is 0.226. The number of tetrazole rings is 1. The highest BCUT2D eigenvalue weighted by atomic mass is 16.1. The zero-order chi connectivity index (χ0) is 18.1. The van der Waals surface area contributed by atoms with Crippen molar-refractivity contribution in [1.29, 1.82) is 0 Å². The Kier molecular flexibility index (Phi) is 3.81. The summed E-state index contributed by atoms with van der Waals surface area (Å²) in [4.78, 5) is 12.8. The molecule has 0 bridgehead atoms. The highest BCUT2D eigenvalue weighted by molar-refractivity contribution is 6.06. The molecule has 130 valence electrons. The Hall–Kier alpha value is -3.75. The van der Waals surface area contributed by atoms with Crippen molar-refractivity contribution in [2.75, 3.05) is 5.32 Å². The Morgan fingerprint density at radius 1 is 1.19 bits per heavy atom. The van der Waals surface area contributed by atoms with Crippen molar-refractivity contribution in [3.05, 3.63) is 66.4 Å². The van der Waals surface area contributed by atoms with Crippen LogP contribution in [0.15, 0.2) is 55.2 Å². The Bertz CT molecular complexity index is 1050. The number of rotatable bonds is 4. The fourth-order valence-corrected chi connectivity index (χ4v) is 2.83. The molecule has 9 nitrogen and oxygen atoms in total. The fourth-order valence-electron chi connectivity index (χ4n) is 2.83. The van der Waals surface area contributed by atoms with Gasteiger partial charge in [-0.05, 0) is 53.2 Å². The average Bonchev–Trinajstić information content (AvgIpc) is 3.36. The molecule has 3 aromatic heterocycles. The van der Waals surface area contributed by atoms with Crippen LogP contribution in [-0.4, -0.2) is 40.5 Å². The first-order valence-corrected chi connectivity index (χ1v) is 7.94. The van der Waals surface area contributed by atoms with Gasteiger partial charge in [0.2, 0.25) is 0 Å². The Labute approximate surface area is 148 Å². The predicted octanol–water partition coefficient (Wildman–Crippen LogP) is 1.75. The summed E-state index contributed by atoms with van der Waals surface area (Å²) in [5.41, 5.74) is 2.96. The number of carbonyl (C=O) groups is 1. The fraction of sp³-hybridized carbons (Fsp3) is 0.118. The average molecular weight is 348 g/mol. The van der Waals surface area contributed by atoms with Crippen molar-refractivity contribution in [1.82, 2.24) is 34.6 Å². The Balaban J connectivity index is 1.61. The molecule has 26 heavy (non-hydrogen) atoms. The van der Waals surface area contributed by atoms with Crippen molar-refractivity contribution in [3.63, 3.8) is 0 Å². The van der Waals surface area contributed by atoms with E-state index in [1.807, 2.05) is 54.2 Å². The molecule has 0 aliphatic carbocycles. The molecule has 1 aromatic carbocycles. The van der Waals surface area contributed by atoms with Gasteiger partial charge >= 0.3 is 0 Å². The molecule has 0 atom stereocenters. The van der Waals surface area contributed by atoms with Gasteiger partial charge in [-0.25, -0.2) is 4.68 Å². The zero-order valence-corrected chi connectivity index (χ0v) is 14.2. The molecule has 0 saturated carbocycles. The van der Waals surface area contributed by atoms with E-state index >= 15 is 0 Å². The molecule has 0 aliphatic rings. The van der Waals surface area contributed by atoms with E-state index in [-0.39, 0.29) is 5.91 Å². The third-order valence-corrected chi connectivity index (χ3v) is 4.05. The molecule has 0 aliphatic heterocycles. The van der Waals surface area contributed by atoms with Gasteiger partial charge in [0, 0.05) is 25.1 Å². The first-order chi connectivity index (χ1) is 12.6. The van der Waals surface area contributed by atoms with E-state index in [1.165, 1.54) is 6.33 Å². The summed E-state index contributed by atoms with van der Waals surface area (Å²) in [6, 6.07) is 9.34. The van der Waals surface area contributed by atoms with Crippen molar-refractivity contribution in [2.45, 2.75) is 6.92 Å². The smallest absolute Gasteiger partial charge is 0.261 e. The minimum atomic E-state index is -0.226. The van der Waals surface area contributed by atoms with Gasteiger partial charge in [-0.1, -0.05) is 0 Å².